The molecular formula is C25H31FN2O5. The molecule has 0 aliphatic carbocycles. The molecule has 3 rings (SSSR count). The second kappa shape index (κ2) is 11.7. The number of ether oxygens (including phenoxy) is 3. The summed E-state index contributed by atoms with van der Waals surface area (Å²) in [6.45, 7) is 3.00. The second-order valence-corrected chi connectivity index (χ2v) is 8.07. The maximum Gasteiger partial charge on any atom is 0.242 e. The van der Waals surface area contributed by atoms with Crippen molar-refractivity contribution in [3.8, 4) is 11.5 Å². The van der Waals surface area contributed by atoms with Gasteiger partial charge in [0.15, 0.2) is 11.5 Å². The first-order valence-corrected chi connectivity index (χ1v) is 11.1. The third-order valence-corrected chi connectivity index (χ3v) is 5.76. The highest BCUT2D eigenvalue weighted by Crippen LogP contribution is 2.28. The van der Waals surface area contributed by atoms with E-state index in [1.54, 1.807) is 44.4 Å². The fourth-order valence-corrected chi connectivity index (χ4v) is 3.80. The number of halogens is 1. The van der Waals surface area contributed by atoms with E-state index >= 15 is 0 Å². The number of hydrogen-bond acceptors (Lipinski definition) is 5. The number of carbonyl (C=O) groups excluding carboxylic acids is 2. The average Bonchev–Trinajstić information content (AvgIpc) is 3.35. The molecule has 7 nitrogen and oxygen atoms in total. The van der Waals surface area contributed by atoms with Gasteiger partial charge in [-0.1, -0.05) is 18.2 Å². The molecule has 1 heterocycles. The zero-order valence-corrected chi connectivity index (χ0v) is 19.3. The van der Waals surface area contributed by atoms with Crippen LogP contribution in [0.5, 0.6) is 11.5 Å². The van der Waals surface area contributed by atoms with Gasteiger partial charge in [0.05, 0.1) is 26.7 Å². The van der Waals surface area contributed by atoms with Crippen LogP contribution in [0.25, 0.3) is 0 Å². The molecule has 1 saturated heterocycles. The van der Waals surface area contributed by atoms with Crippen molar-refractivity contribution in [1.82, 2.24) is 10.2 Å². The lowest BCUT2D eigenvalue weighted by Crippen LogP contribution is -2.49. The lowest BCUT2D eigenvalue weighted by atomic mass is 10.1. The van der Waals surface area contributed by atoms with E-state index in [4.69, 9.17) is 14.2 Å². The normalized spacial score (nSPS) is 16.2. The molecule has 1 aliphatic heterocycles. The van der Waals surface area contributed by atoms with Gasteiger partial charge in [0.2, 0.25) is 11.8 Å². The van der Waals surface area contributed by atoms with Crippen molar-refractivity contribution in [2.45, 2.75) is 44.9 Å². The van der Waals surface area contributed by atoms with E-state index in [2.05, 4.69) is 5.32 Å². The number of nitrogens with zero attached hydrogens (tertiary/aromatic N) is 1. The summed E-state index contributed by atoms with van der Waals surface area (Å²) < 4.78 is 29.5. The van der Waals surface area contributed by atoms with Crippen LogP contribution in [-0.2, 0) is 27.3 Å². The van der Waals surface area contributed by atoms with Crippen LogP contribution in [0.15, 0.2) is 42.5 Å². The lowest BCUT2D eigenvalue weighted by Gasteiger charge is -2.29. The minimum Gasteiger partial charge on any atom is -0.493 e. The van der Waals surface area contributed by atoms with E-state index in [0.717, 1.165) is 24.0 Å². The molecule has 1 aliphatic rings. The van der Waals surface area contributed by atoms with Crippen LogP contribution >= 0.6 is 0 Å². The van der Waals surface area contributed by atoms with E-state index in [-0.39, 0.29) is 36.7 Å². The first-order valence-electron chi connectivity index (χ1n) is 11.1. The van der Waals surface area contributed by atoms with Crippen LogP contribution in [0.4, 0.5) is 4.39 Å². The molecule has 1 fully saturated rings. The van der Waals surface area contributed by atoms with Gasteiger partial charge < -0.3 is 24.4 Å². The number of amides is 2. The maximum atomic E-state index is 13.4. The third kappa shape index (κ3) is 6.68. The summed E-state index contributed by atoms with van der Waals surface area (Å²) in [7, 11) is 3.08. The van der Waals surface area contributed by atoms with Gasteiger partial charge in [-0.3, -0.25) is 9.59 Å². The molecule has 178 valence electrons. The zero-order valence-electron chi connectivity index (χ0n) is 19.3. The average molecular weight is 459 g/mol. The number of carbonyl (C=O) groups is 2. The van der Waals surface area contributed by atoms with Crippen molar-refractivity contribution in [3.63, 3.8) is 0 Å². The van der Waals surface area contributed by atoms with Crippen molar-refractivity contribution in [2.24, 2.45) is 0 Å². The Kier molecular flexibility index (Phi) is 8.65. The number of methoxy groups -OCH3 is 2. The monoisotopic (exact) mass is 458 g/mol. The predicted molar refractivity (Wildman–Crippen MR) is 122 cm³/mol. The molecule has 2 aromatic rings. The first-order chi connectivity index (χ1) is 15.9. The van der Waals surface area contributed by atoms with Crippen LogP contribution in [0.1, 0.15) is 30.9 Å². The summed E-state index contributed by atoms with van der Waals surface area (Å²) in [6.07, 6.45) is 1.97. The fraction of sp³-hybridized carbons (Fsp3) is 0.440. The summed E-state index contributed by atoms with van der Waals surface area (Å²) in [5, 5.41) is 2.90. The molecule has 0 bridgehead atoms. The van der Waals surface area contributed by atoms with Crippen LogP contribution < -0.4 is 14.8 Å². The summed E-state index contributed by atoms with van der Waals surface area (Å²) >= 11 is 0. The van der Waals surface area contributed by atoms with E-state index in [9.17, 15) is 14.0 Å². The molecule has 1 N–H and O–H groups in total. The molecule has 0 radical (unpaired) electrons. The molecule has 0 aromatic heterocycles. The van der Waals surface area contributed by atoms with Crippen molar-refractivity contribution in [1.29, 1.82) is 0 Å². The zero-order chi connectivity index (χ0) is 23.8. The van der Waals surface area contributed by atoms with Crippen LogP contribution in [0.3, 0.4) is 0 Å². The minimum absolute atomic E-state index is 0.00849. The largest absolute Gasteiger partial charge is 0.493 e. The smallest absolute Gasteiger partial charge is 0.242 e. The molecule has 2 amide bonds. The van der Waals surface area contributed by atoms with Gasteiger partial charge in [-0.2, -0.15) is 0 Å². The molecule has 0 spiro atoms. The Balaban J connectivity index is 1.75. The molecule has 2 unspecified atom stereocenters. The van der Waals surface area contributed by atoms with Gasteiger partial charge >= 0.3 is 0 Å². The Bertz CT molecular complexity index is 944. The van der Waals surface area contributed by atoms with Gasteiger partial charge in [-0.25, -0.2) is 4.39 Å². The molecule has 33 heavy (non-hydrogen) atoms. The van der Waals surface area contributed by atoms with Gasteiger partial charge in [-0.15, -0.1) is 0 Å². The number of rotatable bonds is 10. The molecule has 2 aromatic carbocycles. The van der Waals surface area contributed by atoms with Crippen molar-refractivity contribution < 1.29 is 28.2 Å². The number of nitrogens with one attached hydrogen (secondary N) is 1. The quantitative estimate of drug-likeness (QED) is 0.592. The maximum absolute atomic E-state index is 13.4. The number of benzene rings is 2. The summed E-state index contributed by atoms with van der Waals surface area (Å²) in [5.41, 5.74) is 1.46. The van der Waals surface area contributed by atoms with E-state index < -0.39 is 6.04 Å². The summed E-state index contributed by atoms with van der Waals surface area (Å²) in [6, 6.07) is 10.5. The Morgan fingerprint density at radius 3 is 2.45 bits per heavy atom. The van der Waals surface area contributed by atoms with Crippen LogP contribution in [-0.4, -0.2) is 56.2 Å². The Labute approximate surface area is 193 Å². The summed E-state index contributed by atoms with van der Waals surface area (Å²) in [4.78, 5) is 27.7. The topological polar surface area (TPSA) is 77.1 Å². The van der Waals surface area contributed by atoms with Crippen molar-refractivity contribution >= 4 is 11.8 Å². The summed E-state index contributed by atoms with van der Waals surface area (Å²) in [5.74, 6) is 0.248. The van der Waals surface area contributed by atoms with Gasteiger partial charge in [0, 0.05) is 19.7 Å². The number of hydrogen-bond donors (Lipinski definition) is 1. The standard InChI is InChI=1S/C25H31FN2O5/c1-17(25(30)27-15-21-5-4-12-33-21)28(16-18-6-9-20(26)10-7-18)24(29)14-19-8-11-22(31-2)23(13-19)32-3/h6-11,13,17,21H,4-5,12,14-16H2,1-3H3,(H,27,30). The predicted octanol–water partition coefficient (Wildman–Crippen LogP) is 3.10. The molecule has 0 saturated carbocycles. The van der Waals surface area contributed by atoms with Crippen LogP contribution in [0, 0.1) is 5.82 Å². The molecular weight excluding hydrogens is 427 g/mol. The van der Waals surface area contributed by atoms with Gasteiger partial charge in [0.25, 0.3) is 0 Å². The first kappa shape index (κ1) is 24.5. The third-order valence-electron chi connectivity index (χ3n) is 5.76. The SMILES string of the molecule is COc1ccc(CC(=O)N(Cc2ccc(F)cc2)C(C)C(=O)NCC2CCCO2)cc1OC. The van der Waals surface area contributed by atoms with E-state index in [1.807, 2.05) is 0 Å². The van der Waals surface area contributed by atoms with E-state index in [1.165, 1.54) is 24.1 Å². The fourth-order valence-electron chi connectivity index (χ4n) is 3.80. The highest BCUT2D eigenvalue weighted by atomic mass is 19.1. The minimum atomic E-state index is -0.718. The second-order valence-electron chi connectivity index (χ2n) is 8.07. The van der Waals surface area contributed by atoms with Gasteiger partial charge in [0.1, 0.15) is 11.9 Å². The van der Waals surface area contributed by atoms with Gasteiger partial charge in [-0.05, 0) is 55.2 Å². The highest BCUT2D eigenvalue weighted by molar-refractivity contribution is 5.88. The Morgan fingerprint density at radius 2 is 1.82 bits per heavy atom. The van der Waals surface area contributed by atoms with Crippen molar-refractivity contribution in [2.75, 3.05) is 27.4 Å². The molecule has 2 atom stereocenters. The van der Waals surface area contributed by atoms with E-state index in [0.29, 0.717) is 24.7 Å². The Morgan fingerprint density at radius 1 is 1.12 bits per heavy atom. The Hall–Kier alpha value is -3.13. The highest BCUT2D eigenvalue weighted by Gasteiger charge is 2.27. The molecule has 8 heteroatoms. The lowest BCUT2D eigenvalue weighted by molar-refractivity contribution is -0.140. The van der Waals surface area contributed by atoms with Crippen molar-refractivity contribution in [3.05, 3.63) is 59.4 Å². The van der Waals surface area contributed by atoms with Crippen LogP contribution in [0.2, 0.25) is 0 Å².